The Bertz CT molecular complexity index is 647. The number of nitrogens with zero attached hydrogens (tertiary/aromatic N) is 3. The first-order valence-corrected chi connectivity index (χ1v) is 8.56. The van der Waals surface area contributed by atoms with Gasteiger partial charge in [0, 0.05) is 25.7 Å². The lowest BCUT2D eigenvalue weighted by Crippen LogP contribution is -2.63. The number of rotatable bonds is 5. The largest absolute Gasteiger partial charge is 0.480 e. The van der Waals surface area contributed by atoms with E-state index in [0.29, 0.717) is 38.0 Å². The molecule has 136 valence electrons. The van der Waals surface area contributed by atoms with Crippen molar-refractivity contribution in [3.8, 4) is 0 Å². The summed E-state index contributed by atoms with van der Waals surface area (Å²) in [5, 5.41) is 9.15. The zero-order valence-electron chi connectivity index (χ0n) is 13.9. The van der Waals surface area contributed by atoms with Crippen LogP contribution in [0.4, 0.5) is 0 Å². The maximum absolute atomic E-state index is 12.8. The Hall–Kier alpha value is -2.42. The molecule has 1 aromatic heterocycles. The van der Waals surface area contributed by atoms with Crippen molar-refractivity contribution < 1.29 is 19.5 Å². The van der Waals surface area contributed by atoms with E-state index in [9.17, 15) is 14.4 Å². The molecule has 9 heteroatoms. The average Bonchev–Trinajstić information content (AvgIpc) is 3.05. The number of hydrogen-bond acceptors (Lipinski definition) is 5. The molecule has 0 saturated carbocycles. The van der Waals surface area contributed by atoms with Crippen LogP contribution in [-0.4, -0.2) is 73.9 Å². The van der Waals surface area contributed by atoms with E-state index in [1.807, 2.05) is 0 Å². The molecular weight excluding hydrogens is 326 g/mol. The molecule has 0 aromatic carbocycles. The summed E-state index contributed by atoms with van der Waals surface area (Å²) in [6.45, 7) is 0.892. The fourth-order valence-electron chi connectivity index (χ4n) is 3.48. The SMILES string of the molecule is N[C@@H](Cc1c[nH]cn1)C(=O)N1CCCC[C@H]1C(=O)N1CC[C@H]1C(=O)O. The van der Waals surface area contributed by atoms with Gasteiger partial charge in [-0.15, -0.1) is 0 Å². The molecule has 2 fully saturated rings. The lowest BCUT2D eigenvalue weighted by molar-refractivity contribution is -0.162. The van der Waals surface area contributed by atoms with Crippen LogP contribution in [0.2, 0.25) is 0 Å². The number of carbonyl (C=O) groups excluding carboxylic acids is 2. The third-order valence-electron chi connectivity index (χ3n) is 4.96. The minimum Gasteiger partial charge on any atom is -0.480 e. The van der Waals surface area contributed by atoms with E-state index in [0.717, 1.165) is 12.8 Å². The first-order chi connectivity index (χ1) is 12.0. The van der Waals surface area contributed by atoms with E-state index in [1.165, 1.54) is 16.1 Å². The summed E-state index contributed by atoms with van der Waals surface area (Å²) in [6, 6.07) is -2.17. The van der Waals surface area contributed by atoms with E-state index in [2.05, 4.69) is 9.97 Å². The number of aromatic amines is 1. The van der Waals surface area contributed by atoms with E-state index in [-0.39, 0.29) is 11.8 Å². The van der Waals surface area contributed by atoms with Gasteiger partial charge >= 0.3 is 5.97 Å². The first-order valence-electron chi connectivity index (χ1n) is 8.56. The number of nitrogens with two attached hydrogens (primary N) is 1. The number of amides is 2. The Labute approximate surface area is 145 Å². The first kappa shape index (κ1) is 17.4. The Morgan fingerprint density at radius 1 is 1.24 bits per heavy atom. The number of carbonyl (C=O) groups is 3. The van der Waals surface area contributed by atoms with Crippen LogP contribution in [0.1, 0.15) is 31.4 Å². The molecule has 0 aliphatic carbocycles. The molecule has 2 amide bonds. The van der Waals surface area contributed by atoms with Crippen molar-refractivity contribution >= 4 is 17.8 Å². The number of nitrogens with one attached hydrogen (secondary N) is 1. The predicted octanol–water partition coefficient (Wildman–Crippen LogP) is -0.654. The summed E-state index contributed by atoms with van der Waals surface area (Å²) in [6.07, 6.45) is 6.15. The maximum atomic E-state index is 12.8. The monoisotopic (exact) mass is 349 g/mol. The van der Waals surface area contributed by atoms with Crippen LogP contribution in [0.25, 0.3) is 0 Å². The molecule has 4 N–H and O–H groups in total. The summed E-state index contributed by atoms with van der Waals surface area (Å²) in [5.74, 6) is -1.56. The van der Waals surface area contributed by atoms with Crippen molar-refractivity contribution in [1.82, 2.24) is 19.8 Å². The van der Waals surface area contributed by atoms with Crippen LogP contribution < -0.4 is 5.73 Å². The molecule has 9 nitrogen and oxygen atoms in total. The van der Waals surface area contributed by atoms with Crippen molar-refractivity contribution in [3.63, 3.8) is 0 Å². The minimum atomic E-state index is -0.997. The molecule has 25 heavy (non-hydrogen) atoms. The van der Waals surface area contributed by atoms with Gasteiger partial charge in [0.15, 0.2) is 0 Å². The zero-order valence-corrected chi connectivity index (χ0v) is 13.9. The molecule has 1 aromatic rings. The third kappa shape index (κ3) is 3.51. The smallest absolute Gasteiger partial charge is 0.326 e. The summed E-state index contributed by atoms with van der Waals surface area (Å²) in [5.41, 5.74) is 6.72. The lowest BCUT2D eigenvalue weighted by Gasteiger charge is -2.44. The summed E-state index contributed by atoms with van der Waals surface area (Å²) < 4.78 is 0. The van der Waals surface area contributed by atoms with Crippen LogP contribution in [0.15, 0.2) is 12.5 Å². The van der Waals surface area contributed by atoms with E-state index < -0.39 is 24.1 Å². The van der Waals surface area contributed by atoms with Crippen LogP contribution >= 0.6 is 0 Å². The number of hydrogen-bond donors (Lipinski definition) is 3. The van der Waals surface area contributed by atoms with Crippen LogP contribution in [0.3, 0.4) is 0 Å². The number of piperidine rings is 1. The van der Waals surface area contributed by atoms with Crippen LogP contribution in [0.5, 0.6) is 0 Å². The van der Waals surface area contributed by atoms with Crippen molar-refractivity contribution in [1.29, 1.82) is 0 Å². The van der Waals surface area contributed by atoms with Gasteiger partial charge in [-0.25, -0.2) is 9.78 Å². The van der Waals surface area contributed by atoms with E-state index in [4.69, 9.17) is 10.8 Å². The molecule has 0 spiro atoms. The molecular formula is C16H23N5O4. The lowest BCUT2D eigenvalue weighted by atomic mass is 9.95. The van der Waals surface area contributed by atoms with Crippen molar-refractivity contribution in [2.24, 2.45) is 5.73 Å². The zero-order chi connectivity index (χ0) is 18.0. The van der Waals surface area contributed by atoms with Gasteiger partial charge in [-0.2, -0.15) is 0 Å². The number of carboxylic acid groups (broad SMARTS) is 1. The van der Waals surface area contributed by atoms with Gasteiger partial charge in [0.05, 0.1) is 18.1 Å². The Morgan fingerprint density at radius 3 is 2.64 bits per heavy atom. The van der Waals surface area contributed by atoms with Crippen molar-refractivity contribution in [3.05, 3.63) is 18.2 Å². The Balaban J connectivity index is 1.68. The minimum absolute atomic E-state index is 0.279. The maximum Gasteiger partial charge on any atom is 0.326 e. The number of imidazole rings is 1. The van der Waals surface area contributed by atoms with E-state index in [1.54, 1.807) is 6.20 Å². The van der Waals surface area contributed by atoms with Gasteiger partial charge in [-0.1, -0.05) is 0 Å². The number of carboxylic acids is 1. The molecule has 0 radical (unpaired) electrons. The highest BCUT2D eigenvalue weighted by molar-refractivity contribution is 5.93. The highest BCUT2D eigenvalue weighted by Crippen LogP contribution is 2.25. The molecule has 2 aliphatic heterocycles. The number of aliphatic carboxylic acids is 1. The second kappa shape index (κ2) is 7.22. The molecule has 2 aliphatic rings. The van der Waals surface area contributed by atoms with Crippen molar-refractivity contribution in [2.75, 3.05) is 13.1 Å². The average molecular weight is 349 g/mol. The van der Waals surface area contributed by atoms with E-state index >= 15 is 0 Å². The Morgan fingerprint density at radius 2 is 2.04 bits per heavy atom. The Kier molecular flexibility index (Phi) is 5.03. The fraction of sp³-hybridized carbons (Fsp3) is 0.625. The molecule has 3 rings (SSSR count). The van der Waals surface area contributed by atoms with Gasteiger partial charge < -0.3 is 25.6 Å². The highest BCUT2D eigenvalue weighted by Gasteiger charge is 2.43. The second-order valence-electron chi connectivity index (χ2n) is 6.59. The predicted molar refractivity (Wildman–Crippen MR) is 87.4 cm³/mol. The molecule has 3 heterocycles. The third-order valence-corrected chi connectivity index (χ3v) is 4.96. The number of aromatic nitrogens is 2. The molecule has 0 unspecified atom stereocenters. The fourth-order valence-corrected chi connectivity index (χ4v) is 3.48. The van der Waals surface area contributed by atoms with Gasteiger partial charge in [0.2, 0.25) is 11.8 Å². The quantitative estimate of drug-likeness (QED) is 0.647. The van der Waals surface area contributed by atoms with Gasteiger partial charge in [-0.05, 0) is 25.7 Å². The highest BCUT2D eigenvalue weighted by atomic mass is 16.4. The van der Waals surface area contributed by atoms with Crippen molar-refractivity contribution in [2.45, 2.75) is 50.2 Å². The second-order valence-corrected chi connectivity index (χ2v) is 6.59. The standard InChI is InChI=1S/C16H23N5O4/c17-11(7-10-8-18-9-19-10)14(22)20-5-2-1-3-12(20)15(23)21-6-4-13(21)16(24)25/h8-9,11-13H,1-7,17H2,(H,18,19)(H,24,25)/t11-,12-,13-/m0/s1. The number of H-pyrrole nitrogens is 1. The van der Waals surface area contributed by atoms with Gasteiger partial charge in [0.25, 0.3) is 0 Å². The molecule has 2 saturated heterocycles. The van der Waals surface area contributed by atoms with Crippen LogP contribution in [0, 0.1) is 0 Å². The number of likely N-dealkylation sites (tertiary alicyclic amines) is 2. The van der Waals surface area contributed by atoms with Gasteiger partial charge in [-0.3, -0.25) is 9.59 Å². The van der Waals surface area contributed by atoms with Gasteiger partial charge in [0.1, 0.15) is 12.1 Å². The van der Waals surface area contributed by atoms with Crippen LogP contribution in [-0.2, 0) is 20.8 Å². The summed E-state index contributed by atoms with van der Waals surface area (Å²) >= 11 is 0. The topological polar surface area (TPSA) is 133 Å². The molecule has 3 atom stereocenters. The summed E-state index contributed by atoms with van der Waals surface area (Å²) in [4.78, 5) is 46.5. The summed E-state index contributed by atoms with van der Waals surface area (Å²) in [7, 11) is 0. The molecule has 0 bridgehead atoms. The normalized spacial score (nSPS) is 24.5.